The van der Waals surface area contributed by atoms with Gasteiger partial charge in [0.25, 0.3) is 0 Å². The first-order valence-corrected chi connectivity index (χ1v) is 4.57. The number of rotatable bonds is 4. The van der Waals surface area contributed by atoms with Crippen molar-refractivity contribution in [3.8, 4) is 0 Å². The molecule has 13 heavy (non-hydrogen) atoms. The molecule has 0 aliphatic rings. The summed E-state index contributed by atoms with van der Waals surface area (Å²) in [5.41, 5.74) is 2.52. The zero-order valence-corrected chi connectivity index (χ0v) is 8.29. The quantitative estimate of drug-likeness (QED) is 0.506. The summed E-state index contributed by atoms with van der Waals surface area (Å²) >= 11 is 0. The lowest BCUT2D eigenvalue weighted by molar-refractivity contribution is 0.148. The molecule has 0 aliphatic carbocycles. The normalized spacial score (nSPS) is 10.9. The summed E-state index contributed by atoms with van der Waals surface area (Å²) in [6.07, 6.45) is 4.00. The van der Waals surface area contributed by atoms with Gasteiger partial charge in [-0.3, -0.25) is 0 Å². The summed E-state index contributed by atoms with van der Waals surface area (Å²) in [6.45, 7) is 5.48. The number of benzene rings is 1. The Morgan fingerprint density at radius 2 is 1.92 bits per heavy atom. The van der Waals surface area contributed by atoms with Crippen LogP contribution in [-0.4, -0.2) is 6.61 Å². The molecule has 0 aliphatic heterocycles. The molecule has 1 aromatic carbocycles. The Kier molecular flexibility index (Phi) is 4.27. The molecule has 0 aromatic heterocycles. The van der Waals surface area contributed by atoms with E-state index in [2.05, 4.69) is 31.2 Å². The maximum atomic E-state index is 5.41. The predicted octanol–water partition coefficient (Wildman–Crippen LogP) is 3.09. The average molecular weight is 176 g/mol. The SMILES string of the molecule is C/C=C/COCc1ccc(C)cc1. The fraction of sp³-hybridized carbons (Fsp3) is 0.333. The maximum absolute atomic E-state index is 5.41. The molecular weight excluding hydrogens is 160 g/mol. The van der Waals surface area contributed by atoms with Crippen molar-refractivity contribution >= 4 is 0 Å². The van der Waals surface area contributed by atoms with Crippen molar-refractivity contribution in [1.82, 2.24) is 0 Å². The number of ether oxygens (including phenoxy) is 1. The molecular formula is C12H16O. The van der Waals surface area contributed by atoms with Gasteiger partial charge in [0.15, 0.2) is 0 Å². The second-order valence-electron chi connectivity index (χ2n) is 3.07. The minimum atomic E-state index is 0.699. The third-order valence-electron chi connectivity index (χ3n) is 1.84. The summed E-state index contributed by atoms with van der Waals surface area (Å²) < 4.78 is 5.41. The lowest BCUT2D eigenvalue weighted by Gasteiger charge is -2.01. The monoisotopic (exact) mass is 176 g/mol. The van der Waals surface area contributed by atoms with Crippen LogP contribution in [0, 0.1) is 6.92 Å². The molecule has 0 N–H and O–H groups in total. The minimum absolute atomic E-state index is 0.699. The summed E-state index contributed by atoms with van der Waals surface area (Å²) in [7, 11) is 0. The van der Waals surface area contributed by atoms with Crippen LogP contribution in [0.2, 0.25) is 0 Å². The van der Waals surface area contributed by atoms with Gasteiger partial charge in [0.1, 0.15) is 0 Å². The Labute approximate surface area is 80.0 Å². The highest BCUT2D eigenvalue weighted by Crippen LogP contribution is 2.04. The fourth-order valence-corrected chi connectivity index (χ4v) is 1.03. The smallest absolute Gasteiger partial charge is 0.0721 e. The molecule has 0 fully saturated rings. The maximum Gasteiger partial charge on any atom is 0.0721 e. The summed E-state index contributed by atoms with van der Waals surface area (Å²) in [5.74, 6) is 0. The Morgan fingerprint density at radius 3 is 2.54 bits per heavy atom. The van der Waals surface area contributed by atoms with Gasteiger partial charge in [0.2, 0.25) is 0 Å². The lowest BCUT2D eigenvalue weighted by atomic mass is 10.2. The van der Waals surface area contributed by atoms with Gasteiger partial charge in [0.05, 0.1) is 13.2 Å². The molecule has 1 aromatic rings. The summed E-state index contributed by atoms with van der Waals surface area (Å²) in [6, 6.07) is 8.42. The molecule has 0 bridgehead atoms. The van der Waals surface area contributed by atoms with Crippen LogP contribution in [0.5, 0.6) is 0 Å². The molecule has 0 saturated heterocycles. The number of hydrogen-bond acceptors (Lipinski definition) is 1. The van der Waals surface area contributed by atoms with E-state index in [4.69, 9.17) is 4.74 Å². The van der Waals surface area contributed by atoms with E-state index < -0.39 is 0 Å². The van der Waals surface area contributed by atoms with Gasteiger partial charge in [-0.2, -0.15) is 0 Å². The van der Waals surface area contributed by atoms with Crippen LogP contribution in [0.3, 0.4) is 0 Å². The van der Waals surface area contributed by atoms with Crippen LogP contribution in [0.15, 0.2) is 36.4 Å². The van der Waals surface area contributed by atoms with Gasteiger partial charge in [-0.15, -0.1) is 0 Å². The molecule has 70 valence electrons. The third-order valence-corrected chi connectivity index (χ3v) is 1.84. The molecule has 0 unspecified atom stereocenters. The van der Waals surface area contributed by atoms with E-state index in [9.17, 15) is 0 Å². The van der Waals surface area contributed by atoms with E-state index in [0.29, 0.717) is 13.2 Å². The van der Waals surface area contributed by atoms with E-state index in [1.807, 2.05) is 19.1 Å². The Morgan fingerprint density at radius 1 is 1.23 bits per heavy atom. The van der Waals surface area contributed by atoms with Crippen molar-refractivity contribution in [1.29, 1.82) is 0 Å². The van der Waals surface area contributed by atoms with Crippen molar-refractivity contribution in [3.05, 3.63) is 47.5 Å². The third kappa shape index (κ3) is 3.90. The number of hydrogen-bond donors (Lipinski definition) is 0. The summed E-state index contributed by atoms with van der Waals surface area (Å²) in [4.78, 5) is 0. The van der Waals surface area contributed by atoms with E-state index >= 15 is 0 Å². The molecule has 0 atom stereocenters. The lowest BCUT2D eigenvalue weighted by Crippen LogP contribution is -1.92. The topological polar surface area (TPSA) is 9.23 Å². The fourth-order valence-electron chi connectivity index (χ4n) is 1.03. The molecule has 0 saturated carbocycles. The van der Waals surface area contributed by atoms with Crippen molar-refractivity contribution in [2.75, 3.05) is 6.61 Å². The zero-order chi connectivity index (χ0) is 9.52. The average Bonchev–Trinajstić information content (AvgIpc) is 2.15. The number of allylic oxidation sites excluding steroid dienone is 1. The zero-order valence-electron chi connectivity index (χ0n) is 8.29. The van der Waals surface area contributed by atoms with Crippen LogP contribution in [-0.2, 0) is 11.3 Å². The molecule has 0 radical (unpaired) electrons. The van der Waals surface area contributed by atoms with Crippen LogP contribution in [0.4, 0.5) is 0 Å². The van der Waals surface area contributed by atoms with Crippen LogP contribution in [0.25, 0.3) is 0 Å². The van der Waals surface area contributed by atoms with Gasteiger partial charge in [-0.25, -0.2) is 0 Å². The van der Waals surface area contributed by atoms with E-state index in [0.717, 1.165) is 0 Å². The number of aryl methyl sites for hydroxylation is 1. The second kappa shape index (κ2) is 5.55. The minimum Gasteiger partial charge on any atom is -0.373 e. The van der Waals surface area contributed by atoms with Crippen molar-refractivity contribution in [3.63, 3.8) is 0 Å². The molecule has 1 heteroatoms. The van der Waals surface area contributed by atoms with E-state index in [1.54, 1.807) is 0 Å². The Balaban J connectivity index is 2.33. The highest BCUT2D eigenvalue weighted by Gasteiger charge is 1.90. The predicted molar refractivity (Wildman–Crippen MR) is 55.6 cm³/mol. The molecule has 1 nitrogen and oxygen atoms in total. The van der Waals surface area contributed by atoms with Gasteiger partial charge in [-0.05, 0) is 19.4 Å². The van der Waals surface area contributed by atoms with Gasteiger partial charge in [0, 0.05) is 0 Å². The van der Waals surface area contributed by atoms with Crippen molar-refractivity contribution in [2.24, 2.45) is 0 Å². The first kappa shape index (κ1) is 10.0. The van der Waals surface area contributed by atoms with E-state index in [-0.39, 0.29) is 0 Å². The summed E-state index contributed by atoms with van der Waals surface area (Å²) in [5, 5.41) is 0. The molecule has 1 rings (SSSR count). The first-order chi connectivity index (χ1) is 6.33. The van der Waals surface area contributed by atoms with Gasteiger partial charge >= 0.3 is 0 Å². The van der Waals surface area contributed by atoms with Crippen LogP contribution in [0.1, 0.15) is 18.1 Å². The standard InChI is InChI=1S/C12H16O/c1-3-4-9-13-10-12-7-5-11(2)6-8-12/h3-8H,9-10H2,1-2H3/b4-3+. The molecule has 0 amide bonds. The van der Waals surface area contributed by atoms with Crippen molar-refractivity contribution in [2.45, 2.75) is 20.5 Å². The van der Waals surface area contributed by atoms with E-state index in [1.165, 1.54) is 11.1 Å². The largest absolute Gasteiger partial charge is 0.373 e. The highest BCUT2D eigenvalue weighted by molar-refractivity contribution is 5.20. The van der Waals surface area contributed by atoms with Gasteiger partial charge in [-0.1, -0.05) is 42.0 Å². The highest BCUT2D eigenvalue weighted by atomic mass is 16.5. The first-order valence-electron chi connectivity index (χ1n) is 4.57. The van der Waals surface area contributed by atoms with Gasteiger partial charge < -0.3 is 4.74 Å². The molecule has 0 spiro atoms. The molecule has 0 heterocycles. The van der Waals surface area contributed by atoms with Crippen LogP contribution >= 0.6 is 0 Å². The second-order valence-corrected chi connectivity index (χ2v) is 3.07. The Hall–Kier alpha value is -1.08. The van der Waals surface area contributed by atoms with Crippen LogP contribution < -0.4 is 0 Å². The van der Waals surface area contributed by atoms with Crippen molar-refractivity contribution < 1.29 is 4.74 Å². The Bertz CT molecular complexity index is 259.